The van der Waals surface area contributed by atoms with Crippen molar-refractivity contribution in [2.45, 2.75) is 59.1 Å². The summed E-state index contributed by atoms with van der Waals surface area (Å²) in [6.45, 7) is 9.46. The number of ether oxygens (including phenoxy) is 1. The molecular formula is C20H27ClN2O4. The lowest BCUT2D eigenvalue weighted by Gasteiger charge is -2.20. The number of carboxylic acid groups (broad SMARTS) is 1. The Labute approximate surface area is 164 Å². The fraction of sp³-hybridized carbons (Fsp3) is 0.500. The highest BCUT2D eigenvalue weighted by molar-refractivity contribution is 6.31. The third-order valence-electron chi connectivity index (χ3n) is 4.06. The van der Waals surface area contributed by atoms with Crippen LogP contribution in [0.25, 0.3) is 10.9 Å². The standard InChI is InChI=1S/C20H27ClN2O4/c1-11(2)8-14(18(24)25)17-15(10-22-19(26)27-20(3,4)5)13-9-12(21)6-7-16(13)23-17/h6-7,9,11,14,23H,8,10H2,1-5H3,(H,22,26)(H,24,25). The van der Waals surface area contributed by atoms with E-state index in [1.165, 1.54) is 0 Å². The maximum Gasteiger partial charge on any atom is 0.407 e. The zero-order chi connectivity index (χ0) is 20.4. The van der Waals surface area contributed by atoms with Crippen LogP contribution in [0.3, 0.4) is 0 Å². The molecule has 1 unspecified atom stereocenters. The maximum atomic E-state index is 12.1. The normalized spacial score (nSPS) is 13.0. The average Bonchev–Trinajstić information content (AvgIpc) is 2.86. The van der Waals surface area contributed by atoms with Gasteiger partial charge in [0.15, 0.2) is 0 Å². The number of hydrogen-bond acceptors (Lipinski definition) is 3. The number of aliphatic carboxylic acids is 1. The van der Waals surface area contributed by atoms with Crippen molar-refractivity contribution >= 4 is 34.6 Å². The van der Waals surface area contributed by atoms with Crippen LogP contribution in [0.4, 0.5) is 4.79 Å². The Morgan fingerprint density at radius 1 is 1.30 bits per heavy atom. The number of carbonyl (C=O) groups is 2. The molecule has 0 saturated carbocycles. The van der Waals surface area contributed by atoms with Gasteiger partial charge in [-0.15, -0.1) is 0 Å². The molecule has 0 aliphatic rings. The molecule has 1 amide bonds. The molecule has 6 nitrogen and oxygen atoms in total. The zero-order valence-corrected chi connectivity index (χ0v) is 17.1. The van der Waals surface area contributed by atoms with Crippen molar-refractivity contribution in [1.82, 2.24) is 10.3 Å². The third kappa shape index (κ3) is 5.63. The van der Waals surface area contributed by atoms with Crippen LogP contribution in [0.5, 0.6) is 0 Å². The summed E-state index contributed by atoms with van der Waals surface area (Å²) in [5, 5.41) is 13.8. The number of hydrogen-bond donors (Lipinski definition) is 3. The second-order valence-electron chi connectivity index (χ2n) is 8.08. The van der Waals surface area contributed by atoms with E-state index in [-0.39, 0.29) is 12.5 Å². The van der Waals surface area contributed by atoms with E-state index in [1.807, 2.05) is 19.9 Å². The van der Waals surface area contributed by atoms with E-state index in [0.717, 1.165) is 10.9 Å². The van der Waals surface area contributed by atoms with Gasteiger partial charge < -0.3 is 20.1 Å². The number of aromatic nitrogens is 1. The highest BCUT2D eigenvalue weighted by Crippen LogP contribution is 2.33. The minimum atomic E-state index is -0.903. The van der Waals surface area contributed by atoms with Crippen molar-refractivity contribution in [2.75, 3.05) is 0 Å². The number of alkyl carbamates (subject to hydrolysis) is 1. The van der Waals surface area contributed by atoms with Gasteiger partial charge in [0.1, 0.15) is 5.60 Å². The Morgan fingerprint density at radius 2 is 1.96 bits per heavy atom. The molecular weight excluding hydrogens is 368 g/mol. The Bertz CT molecular complexity index is 836. The minimum Gasteiger partial charge on any atom is -0.481 e. The molecule has 148 valence electrons. The lowest BCUT2D eigenvalue weighted by atomic mass is 9.91. The number of aromatic amines is 1. The van der Waals surface area contributed by atoms with Gasteiger partial charge in [-0.1, -0.05) is 25.4 Å². The van der Waals surface area contributed by atoms with Crippen LogP contribution in [-0.4, -0.2) is 27.8 Å². The molecule has 1 aromatic carbocycles. The van der Waals surface area contributed by atoms with Crippen molar-refractivity contribution in [1.29, 1.82) is 0 Å². The van der Waals surface area contributed by atoms with Gasteiger partial charge in [0, 0.05) is 33.7 Å². The summed E-state index contributed by atoms with van der Waals surface area (Å²) in [4.78, 5) is 27.2. The van der Waals surface area contributed by atoms with Crippen LogP contribution < -0.4 is 5.32 Å². The molecule has 1 atom stereocenters. The van der Waals surface area contributed by atoms with Gasteiger partial charge in [-0.2, -0.15) is 0 Å². The summed E-state index contributed by atoms with van der Waals surface area (Å²) >= 11 is 6.13. The second-order valence-corrected chi connectivity index (χ2v) is 8.52. The molecule has 0 aliphatic heterocycles. The topological polar surface area (TPSA) is 91.4 Å². The number of carbonyl (C=O) groups excluding carboxylic acids is 1. The van der Waals surface area contributed by atoms with Gasteiger partial charge in [0.2, 0.25) is 0 Å². The second kappa shape index (κ2) is 8.21. The van der Waals surface area contributed by atoms with Gasteiger partial charge in [-0.3, -0.25) is 4.79 Å². The molecule has 0 aliphatic carbocycles. The molecule has 0 radical (unpaired) electrons. The highest BCUT2D eigenvalue weighted by atomic mass is 35.5. The molecule has 1 heterocycles. The predicted octanol–water partition coefficient (Wildman–Crippen LogP) is 5.06. The largest absolute Gasteiger partial charge is 0.481 e. The Hall–Kier alpha value is -2.21. The van der Waals surface area contributed by atoms with Gasteiger partial charge in [0.25, 0.3) is 0 Å². The highest BCUT2D eigenvalue weighted by Gasteiger charge is 2.27. The van der Waals surface area contributed by atoms with Crippen LogP contribution in [-0.2, 0) is 16.1 Å². The quantitative estimate of drug-likeness (QED) is 0.638. The van der Waals surface area contributed by atoms with Crippen LogP contribution in [0, 0.1) is 5.92 Å². The zero-order valence-electron chi connectivity index (χ0n) is 16.4. The van der Waals surface area contributed by atoms with E-state index in [0.29, 0.717) is 22.7 Å². The number of amides is 1. The summed E-state index contributed by atoms with van der Waals surface area (Å²) in [5.74, 6) is -1.40. The predicted molar refractivity (Wildman–Crippen MR) is 106 cm³/mol. The van der Waals surface area contributed by atoms with Gasteiger partial charge in [0.05, 0.1) is 5.92 Å². The van der Waals surface area contributed by atoms with Crippen LogP contribution in [0.1, 0.15) is 58.2 Å². The molecule has 2 aromatic rings. The number of halogens is 1. The van der Waals surface area contributed by atoms with Crippen molar-refractivity contribution in [2.24, 2.45) is 5.92 Å². The Kier molecular flexibility index (Phi) is 6.42. The first-order valence-electron chi connectivity index (χ1n) is 8.97. The van der Waals surface area contributed by atoms with E-state index in [9.17, 15) is 14.7 Å². The Balaban J connectivity index is 2.42. The molecule has 0 bridgehead atoms. The van der Waals surface area contributed by atoms with E-state index < -0.39 is 23.6 Å². The van der Waals surface area contributed by atoms with E-state index in [2.05, 4.69) is 10.3 Å². The number of fused-ring (bicyclic) bond motifs is 1. The van der Waals surface area contributed by atoms with Gasteiger partial charge >= 0.3 is 12.1 Å². The van der Waals surface area contributed by atoms with Crippen molar-refractivity contribution < 1.29 is 19.4 Å². The summed E-state index contributed by atoms with van der Waals surface area (Å²) in [6.07, 6.45) is -0.0736. The molecule has 1 aromatic heterocycles. The summed E-state index contributed by atoms with van der Waals surface area (Å²) < 4.78 is 5.28. The fourth-order valence-corrected chi connectivity index (χ4v) is 3.19. The van der Waals surface area contributed by atoms with Crippen molar-refractivity contribution in [3.8, 4) is 0 Å². The number of benzene rings is 1. The number of H-pyrrole nitrogens is 1. The van der Waals surface area contributed by atoms with Gasteiger partial charge in [-0.05, 0) is 51.3 Å². The maximum absolute atomic E-state index is 12.1. The molecule has 0 fully saturated rings. The molecule has 0 saturated heterocycles. The third-order valence-corrected chi connectivity index (χ3v) is 4.30. The van der Waals surface area contributed by atoms with Gasteiger partial charge in [-0.25, -0.2) is 4.79 Å². The molecule has 0 spiro atoms. The molecule has 27 heavy (non-hydrogen) atoms. The van der Waals surface area contributed by atoms with E-state index >= 15 is 0 Å². The summed E-state index contributed by atoms with van der Waals surface area (Å²) in [5.41, 5.74) is 1.47. The fourth-order valence-electron chi connectivity index (χ4n) is 3.02. The number of rotatable bonds is 6. The molecule has 7 heteroatoms. The number of carboxylic acids is 1. The lowest BCUT2D eigenvalue weighted by molar-refractivity contribution is -0.139. The first-order chi connectivity index (χ1) is 12.5. The first-order valence-corrected chi connectivity index (χ1v) is 9.35. The monoisotopic (exact) mass is 394 g/mol. The van der Waals surface area contributed by atoms with Crippen LogP contribution in [0.2, 0.25) is 5.02 Å². The van der Waals surface area contributed by atoms with E-state index in [4.69, 9.17) is 16.3 Å². The summed E-state index contributed by atoms with van der Waals surface area (Å²) in [6, 6.07) is 5.33. The van der Waals surface area contributed by atoms with Crippen molar-refractivity contribution in [3.05, 3.63) is 34.5 Å². The smallest absolute Gasteiger partial charge is 0.407 e. The first kappa shape index (κ1) is 21.1. The minimum absolute atomic E-state index is 0.145. The summed E-state index contributed by atoms with van der Waals surface area (Å²) in [7, 11) is 0. The SMILES string of the molecule is CC(C)CC(C(=O)O)c1[nH]c2ccc(Cl)cc2c1CNC(=O)OC(C)(C)C. The average molecular weight is 395 g/mol. The number of nitrogens with one attached hydrogen (secondary N) is 2. The Morgan fingerprint density at radius 3 is 2.52 bits per heavy atom. The van der Waals surface area contributed by atoms with Crippen LogP contribution >= 0.6 is 11.6 Å². The van der Waals surface area contributed by atoms with Crippen LogP contribution in [0.15, 0.2) is 18.2 Å². The van der Waals surface area contributed by atoms with E-state index in [1.54, 1.807) is 32.9 Å². The van der Waals surface area contributed by atoms with Crippen molar-refractivity contribution in [3.63, 3.8) is 0 Å². The molecule has 3 N–H and O–H groups in total. The lowest BCUT2D eigenvalue weighted by Crippen LogP contribution is -2.32. The molecule has 2 rings (SSSR count).